The van der Waals surface area contributed by atoms with E-state index in [1.807, 2.05) is 0 Å². The Balaban J connectivity index is 2.68. The van der Waals surface area contributed by atoms with E-state index in [1.165, 1.54) is 7.11 Å². The molecule has 0 saturated carbocycles. The average Bonchev–Trinajstić information content (AvgIpc) is 2.60. The van der Waals surface area contributed by atoms with Gasteiger partial charge in [0.1, 0.15) is 5.92 Å². The van der Waals surface area contributed by atoms with E-state index in [0.29, 0.717) is 28.1 Å². The first kappa shape index (κ1) is 18.4. The number of aliphatic imine (C=N–C) groups is 1. The lowest BCUT2D eigenvalue weighted by molar-refractivity contribution is -0.144. The number of carbonyl (C=O) groups is 2. The zero-order chi connectivity index (χ0) is 18.6. The molecule has 6 heteroatoms. The Kier molecular flexibility index (Phi) is 5.71. The smallest absolute Gasteiger partial charge is 0.336 e. The summed E-state index contributed by atoms with van der Waals surface area (Å²) in [6.07, 6.45) is 0. The first-order chi connectivity index (χ1) is 11.9. The normalized spacial score (nSPS) is 19.7. The molecular formula is C19H20N2O4. The summed E-state index contributed by atoms with van der Waals surface area (Å²) >= 11 is 0. The van der Waals surface area contributed by atoms with Crippen LogP contribution in [0, 0.1) is 17.2 Å². The van der Waals surface area contributed by atoms with Gasteiger partial charge in [-0.25, -0.2) is 4.79 Å². The van der Waals surface area contributed by atoms with Crippen molar-refractivity contribution in [3.05, 3.63) is 46.7 Å². The van der Waals surface area contributed by atoms with Crippen LogP contribution in [0.25, 0.3) is 0 Å². The average molecular weight is 340 g/mol. The zero-order valence-corrected chi connectivity index (χ0v) is 14.7. The maximum Gasteiger partial charge on any atom is 0.336 e. The van der Waals surface area contributed by atoms with Crippen molar-refractivity contribution < 1.29 is 19.1 Å². The number of benzene rings is 1. The van der Waals surface area contributed by atoms with E-state index in [2.05, 4.69) is 11.1 Å². The molecule has 0 amide bonds. The topological polar surface area (TPSA) is 88.8 Å². The second-order valence-corrected chi connectivity index (χ2v) is 5.69. The fraction of sp³-hybridized carbons (Fsp3) is 0.368. The van der Waals surface area contributed by atoms with Gasteiger partial charge in [-0.3, -0.25) is 9.79 Å². The first-order valence-electron chi connectivity index (χ1n) is 7.95. The molecule has 0 radical (unpaired) electrons. The molecule has 0 fully saturated rings. The van der Waals surface area contributed by atoms with E-state index in [1.54, 1.807) is 45.0 Å². The Labute approximate surface area is 146 Å². The van der Waals surface area contributed by atoms with E-state index in [9.17, 15) is 14.9 Å². The van der Waals surface area contributed by atoms with Crippen LogP contribution in [0.15, 0.2) is 40.5 Å². The van der Waals surface area contributed by atoms with Gasteiger partial charge in [-0.1, -0.05) is 12.1 Å². The summed E-state index contributed by atoms with van der Waals surface area (Å²) in [6.45, 7) is 5.37. The molecule has 130 valence electrons. The minimum absolute atomic E-state index is 0.214. The van der Waals surface area contributed by atoms with Gasteiger partial charge >= 0.3 is 11.9 Å². The highest BCUT2D eigenvalue weighted by Crippen LogP contribution is 2.40. The van der Waals surface area contributed by atoms with Gasteiger partial charge in [0.05, 0.1) is 30.9 Å². The maximum absolute atomic E-state index is 12.5. The molecule has 2 rings (SSSR count). The monoisotopic (exact) mass is 340 g/mol. The summed E-state index contributed by atoms with van der Waals surface area (Å²) in [5, 5.41) is 9.18. The van der Waals surface area contributed by atoms with Gasteiger partial charge in [-0.2, -0.15) is 5.26 Å². The van der Waals surface area contributed by atoms with Gasteiger partial charge in [-0.15, -0.1) is 0 Å². The van der Waals surface area contributed by atoms with Crippen molar-refractivity contribution in [2.45, 2.75) is 26.7 Å². The summed E-state index contributed by atoms with van der Waals surface area (Å²) in [5.41, 5.74) is 2.50. The number of allylic oxidation sites excluding steroid dienone is 1. The molecule has 0 aliphatic carbocycles. The molecular weight excluding hydrogens is 320 g/mol. The van der Waals surface area contributed by atoms with Crippen LogP contribution < -0.4 is 0 Å². The number of hydrogen-bond donors (Lipinski definition) is 0. The first-order valence-corrected chi connectivity index (χ1v) is 7.95. The lowest BCUT2D eigenvalue weighted by atomic mass is 9.75. The Morgan fingerprint density at radius 3 is 2.64 bits per heavy atom. The van der Waals surface area contributed by atoms with Crippen molar-refractivity contribution in [3.8, 4) is 6.07 Å². The van der Waals surface area contributed by atoms with Crippen molar-refractivity contribution in [1.82, 2.24) is 0 Å². The SMILES string of the molecule is CCOC(=O)C1=C(C)N=C(C)C(C(=O)OC)C1c1cccc(C#N)c1. The van der Waals surface area contributed by atoms with Gasteiger partial charge < -0.3 is 9.47 Å². The Morgan fingerprint density at radius 2 is 2.04 bits per heavy atom. The maximum atomic E-state index is 12.5. The zero-order valence-electron chi connectivity index (χ0n) is 14.7. The Hall–Kier alpha value is -2.94. The molecule has 1 aromatic rings. The van der Waals surface area contributed by atoms with Crippen molar-refractivity contribution in [2.75, 3.05) is 13.7 Å². The second-order valence-electron chi connectivity index (χ2n) is 5.69. The standard InChI is InChI=1S/C19H20N2O4/c1-5-25-19(23)16-12(3)21-11(2)15(18(22)24-4)17(16)14-8-6-7-13(9-14)10-20/h6-9,15,17H,5H2,1-4H3. The summed E-state index contributed by atoms with van der Waals surface area (Å²) in [7, 11) is 1.30. The van der Waals surface area contributed by atoms with Crippen molar-refractivity contribution in [1.29, 1.82) is 5.26 Å². The molecule has 0 N–H and O–H groups in total. The van der Waals surface area contributed by atoms with Crippen LogP contribution in [0.4, 0.5) is 0 Å². The molecule has 0 aromatic heterocycles. The van der Waals surface area contributed by atoms with Crippen LogP contribution in [0.1, 0.15) is 37.8 Å². The molecule has 25 heavy (non-hydrogen) atoms. The van der Waals surface area contributed by atoms with E-state index < -0.39 is 23.8 Å². The number of nitrogens with zero attached hydrogens (tertiary/aromatic N) is 2. The molecule has 0 spiro atoms. The number of methoxy groups -OCH3 is 1. The third-order valence-electron chi connectivity index (χ3n) is 4.15. The Bertz CT molecular complexity index is 802. The highest BCUT2D eigenvalue weighted by molar-refractivity contribution is 6.06. The van der Waals surface area contributed by atoms with E-state index in [4.69, 9.17) is 9.47 Å². The van der Waals surface area contributed by atoms with Gasteiger partial charge in [0.25, 0.3) is 0 Å². The minimum Gasteiger partial charge on any atom is -0.468 e. The minimum atomic E-state index is -0.748. The number of rotatable bonds is 4. The molecule has 2 atom stereocenters. The molecule has 1 aliphatic rings. The van der Waals surface area contributed by atoms with Crippen LogP contribution in [-0.4, -0.2) is 31.4 Å². The number of ether oxygens (including phenoxy) is 2. The van der Waals surface area contributed by atoms with Crippen LogP contribution >= 0.6 is 0 Å². The van der Waals surface area contributed by atoms with Crippen LogP contribution in [-0.2, 0) is 19.1 Å². The summed E-state index contributed by atoms with van der Waals surface area (Å²) < 4.78 is 10.1. The summed E-state index contributed by atoms with van der Waals surface area (Å²) in [5.74, 6) is -2.36. The third kappa shape index (κ3) is 3.61. The molecule has 2 unspecified atom stereocenters. The number of esters is 2. The number of nitriles is 1. The molecule has 1 aliphatic heterocycles. The van der Waals surface area contributed by atoms with Crippen molar-refractivity contribution >= 4 is 17.7 Å². The molecule has 0 bridgehead atoms. The third-order valence-corrected chi connectivity index (χ3v) is 4.15. The van der Waals surface area contributed by atoms with Crippen LogP contribution in [0.5, 0.6) is 0 Å². The van der Waals surface area contributed by atoms with E-state index in [0.717, 1.165) is 0 Å². The largest absolute Gasteiger partial charge is 0.468 e. The fourth-order valence-corrected chi connectivity index (χ4v) is 3.11. The highest BCUT2D eigenvalue weighted by Gasteiger charge is 2.42. The number of carbonyl (C=O) groups excluding carboxylic acids is 2. The highest BCUT2D eigenvalue weighted by atomic mass is 16.5. The molecule has 6 nitrogen and oxygen atoms in total. The van der Waals surface area contributed by atoms with Gasteiger partial charge in [-0.05, 0) is 38.5 Å². The summed E-state index contributed by atoms with van der Waals surface area (Å²) in [4.78, 5) is 29.3. The quantitative estimate of drug-likeness (QED) is 0.786. The van der Waals surface area contributed by atoms with Crippen LogP contribution in [0.3, 0.4) is 0 Å². The van der Waals surface area contributed by atoms with E-state index >= 15 is 0 Å². The van der Waals surface area contributed by atoms with E-state index in [-0.39, 0.29) is 6.61 Å². The molecule has 1 heterocycles. The lowest BCUT2D eigenvalue weighted by Crippen LogP contribution is -2.36. The van der Waals surface area contributed by atoms with Crippen LogP contribution in [0.2, 0.25) is 0 Å². The fourth-order valence-electron chi connectivity index (χ4n) is 3.11. The number of hydrogen-bond acceptors (Lipinski definition) is 6. The van der Waals surface area contributed by atoms with Gasteiger partial charge in [0.2, 0.25) is 0 Å². The van der Waals surface area contributed by atoms with Gasteiger partial charge in [0.15, 0.2) is 0 Å². The lowest BCUT2D eigenvalue weighted by Gasteiger charge is -2.31. The predicted octanol–water partition coefficient (Wildman–Crippen LogP) is 2.74. The second kappa shape index (κ2) is 7.75. The van der Waals surface area contributed by atoms with Crippen molar-refractivity contribution in [3.63, 3.8) is 0 Å². The van der Waals surface area contributed by atoms with Gasteiger partial charge in [0, 0.05) is 17.3 Å². The summed E-state index contributed by atoms with van der Waals surface area (Å²) in [6, 6.07) is 8.93. The Morgan fingerprint density at radius 1 is 1.32 bits per heavy atom. The molecule has 0 saturated heterocycles. The molecule has 1 aromatic carbocycles. The predicted molar refractivity (Wildman–Crippen MR) is 91.8 cm³/mol. The van der Waals surface area contributed by atoms with Crippen molar-refractivity contribution in [2.24, 2.45) is 10.9 Å².